The number of H-pyrrole nitrogens is 1. The molecule has 0 aliphatic carbocycles. The summed E-state index contributed by atoms with van der Waals surface area (Å²) in [5.74, 6) is -0.113. The molecular weight excluding hydrogens is 338 g/mol. The van der Waals surface area contributed by atoms with Crippen molar-refractivity contribution in [2.45, 2.75) is 13.8 Å². The van der Waals surface area contributed by atoms with E-state index < -0.39 is 0 Å². The second-order valence-electron chi connectivity index (χ2n) is 7.10. The number of amides is 1. The third kappa shape index (κ3) is 3.21. The summed E-state index contributed by atoms with van der Waals surface area (Å²) in [5, 5.41) is 1.40. The Morgan fingerprint density at radius 3 is 2.48 bits per heavy atom. The average Bonchev–Trinajstić information content (AvgIpc) is 2.70. The first kappa shape index (κ1) is 17.3. The van der Waals surface area contributed by atoms with Crippen molar-refractivity contribution in [3.05, 3.63) is 75.7 Å². The van der Waals surface area contributed by atoms with E-state index in [1.807, 2.05) is 23.1 Å². The topological polar surface area (TPSA) is 56.4 Å². The van der Waals surface area contributed by atoms with Crippen LogP contribution in [0.1, 0.15) is 21.6 Å². The molecule has 1 aliphatic heterocycles. The van der Waals surface area contributed by atoms with Gasteiger partial charge in [0.05, 0.1) is 0 Å². The van der Waals surface area contributed by atoms with E-state index in [0.717, 1.165) is 18.5 Å². The highest BCUT2D eigenvalue weighted by molar-refractivity contribution is 5.96. The van der Waals surface area contributed by atoms with E-state index in [1.54, 1.807) is 12.1 Å². The zero-order valence-electron chi connectivity index (χ0n) is 15.7. The number of pyridine rings is 1. The second kappa shape index (κ2) is 6.91. The molecule has 5 nitrogen and oxygen atoms in total. The zero-order chi connectivity index (χ0) is 19.0. The fraction of sp³-hybridized carbons (Fsp3) is 0.273. The highest BCUT2D eigenvalue weighted by Gasteiger charge is 2.24. The molecular formula is C22H23N3O2. The SMILES string of the molecule is Cc1cccc(N2CCN(C(=O)c3cc4ccccc4c(=O)[nH]3)CC2)c1C. The summed E-state index contributed by atoms with van der Waals surface area (Å²) in [6.07, 6.45) is 0. The monoisotopic (exact) mass is 361 g/mol. The molecule has 1 fully saturated rings. The summed E-state index contributed by atoms with van der Waals surface area (Å²) in [5.41, 5.74) is 3.95. The standard InChI is InChI=1S/C22H23N3O2/c1-15-6-5-9-20(16(15)2)24-10-12-25(13-11-24)22(27)19-14-17-7-3-4-8-18(17)21(26)23-19/h3-9,14H,10-13H2,1-2H3,(H,23,26). The third-order valence-electron chi connectivity index (χ3n) is 5.47. The maximum atomic E-state index is 12.9. The normalized spacial score (nSPS) is 14.6. The van der Waals surface area contributed by atoms with Crippen molar-refractivity contribution in [2.75, 3.05) is 31.1 Å². The number of nitrogens with one attached hydrogen (secondary N) is 1. The number of benzene rings is 2. The van der Waals surface area contributed by atoms with Crippen LogP contribution in [-0.2, 0) is 0 Å². The Hall–Kier alpha value is -3.08. The van der Waals surface area contributed by atoms with E-state index in [-0.39, 0.29) is 11.5 Å². The Bertz CT molecular complexity index is 1060. The van der Waals surface area contributed by atoms with Gasteiger partial charge in [-0.05, 0) is 48.6 Å². The van der Waals surface area contributed by atoms with Crippen LogP contribution in [0.15, 0.2) is 53.3 Å². The van der Waals surface area contributed by atoms with Crippen LogP contribution in [0.25, 0.3) is 10.8 Å². The average molecular weight is 361 g/mol. The number of aromatic nitrogens is 1. The highest BCUT2D eigenvalue weighted by Crippen LogP contribution is 2.24. The van der Waals surface area contributed by atoms with Crippen molar-refractivity contribution < 1.29 is 4.79 Å². The third-order valence-corrected chi connectivity index (χ3v) is 5.47. The van der Waals surface area contributed by atoms with Crippen molar-refractivity contribution in [1.29, 1.82) is 0 Å². The lowest BCUT2D eigenvalue weighted by atomic mass is 10.1. The zero-order valence-corrected chi connectivity index (χ0v) is 15.7. The van der Waals surface area contributed by atoms with Crippen molar-refractivity contribution in [3.63, 3.8) is 0 Å². The molecule has 0 unspecified atom stereocenters. The summed E-state index contributed by atoms with van der Waals surface area (Å²) in [6.45, 7) is 7.11. The molecule has 3 aromatic rings. The minimum atomic E-state index is -0.217. The number of nitrogens with zero attached hydrogens (tertiary/aromatic N) is 2. The molecule has 1 aliphatic rings. The number of hydrogen-bond acceptors (Lipinski definition) is 3. The fourth-order valence-corrected chi connectivity index (χ4v) is 3.73. The van der Waals surface area contributed by atoms with Gasteiger partial charge in [-0.2, -0.15) is 0 Å². The number of carbonyl (C=O) groups is 1. The van der Waals surface area contributed by atoms with Gasteiger partial charge in [-0.15, -0.1) is 0 Å². The van der Waals surface area contributed by atoms with Crippen LogP contribution < -0.4 is 10.5 Å². The van der Waals surface area contributed by atoms with Crippen LogP contribution in [-0.4, -0.2) is 42.0 Å². The molecule has 5 heteroatoms. The van der Waals surface area contributed by atoms with Gasteiger partial charge in [0.25, 0.3) is 11.5 Å². The van der Waals surface area contributed by atoms with Crippen molar-refractivity contribution >= 4 is 22.4 Å². The fourth-order valence-electron chi connectivity index (χ4n) is 3.73. The first-order valence-corrected chi connectivity index (χ1v) is 9.27. The van der Waals surface area contributed by atoms with Crippen LogP contribution in [0.3, 0.4) is 0 Å². The summed E-state index contributed by atoms with van der Waals surface area (Å²) in [4.78, 5) is 32.1. The molecule has 2 heterocycles. The number of anilines is 1. The predicted octanol–water partition coefficient (Wildman–Crippen LogP) is 3.11. The minimum absolute atomic E-state index is 0.113. The van der Waals surface area contributed by atoms with Gasteiger partial charge in [0.2, 0.25) is 0 Å². The Morgan fingerprint density at radius 2 is 1.70 bits per heavy atom. The number of piperazine rings is 1. The molecule has 0 bridgehead atoms. The van der Waals surface area contributed by atoms with E-state index in [1.165, 1.54) is 16.8 Å². The quantitative estimate of drug-likeness (QED) is 0.763. The number of carbonyl (C=O) groups excluding carboxylic acids is 1. The van der Waals surface area contributed by atoms with Gasteiger partial charge < -0.3 is 14.8 Å². The van der Waals surface area contributed by atoms with Crippen molar-refractivity contribution in [2.24, 2.45) is 0 Å². The molecule has 1 aromatic heterocycles. The number of hydrogen-bond donors (Lipinski definition) is 1. The van der Waals surface area contributed by atoms with Gasteiger partial charge >= 0.3 is 0 Å². The van der Waals surface area contributed by atoms with E-state index in [0.29, 0.717) is 24.2 Å². The first-order valence-electron chi connectivity index (χ1n) is 9.27. The summed E-state index contributed by atoms with van der Waals surface area (Å²) in [7, 11) is 0. The molecule has 0 atom stereocenters. The van der Waals surface area contributed by atoms with Crippen LogP contribution in [0.2, 0.25) is 0 Å². The molecule has 27 heavy (non-hydrogen) atoms. The lowest BCUT2D eigenvalue weighted by Gasteiger charge is -2.37. The van der Waals surface area contributed by atoms with Crippen LogP contribution in [0.4, 0.5) is 5.69 Å². The Kier molecular flexibility index (Phi) is 4.44. The van der Waals surface area contributed by atoms with Gasteiger partial charge in [-0.3, -0.25) is 9.59 Å². The van der Waals surface area contributed by atoms with Crippen molar-refractivity contribution in [3.8, 4) is 0 Å². The predicted molar refractivity (Wildman–Crippen MR) is 109 cm³/mol. The van der Waals surface area contributed by atoms with Gasteiger partial charge in [-0.1, -0.05) is 30.3 Å². The maximum absolute atomic E-state index is 12.9. The molecule has 0 saturated carbocycles. The Labute approximate surface area is 158 Å². The first-order chi connectivity index (χ1) is 13.0. The van der Waals surface area contributed by atoms with Gasteiger partial charge in [0.1, 0.15) is 5.69 Å². The highest BCUT2D eigenvalue weighted by atomic mass is 16.2. The van der Waals surface area contributed by atoms with Gasteiger partial charge in [-0.25, -0.2) is 0 Å². The molecule has 138 valence electrons. The lowest BCUT2D eigenvalue weighted by Crippen LogP contribution is -2.49. The molecule has 4 rings (SSSR count). The molecule has 1 amide bonds. The van der Waals surface area contributed by atoms with E-state index in [2.05, 4.69) is 41.9 Å². The second-order valence-corrected chi connectivity index (χ2v) is 7.10. The van der Waals surface area contributed by atoms with Crippen LogP contribution in [0, 0.1) is 13.8 Å². The Morgan fingerprint density at radius 1 is 0.963 bits per heavy atom. The van der Waals surface area contributed by atoms with Crippen LogP contribution in [0.5, 0.6) is 0 Å². The Balaban J connectivity index is 1.52. The molecule has 2 aromatic carbocycles. The van der Waals surface area contributed by atoms with E-state index in [9.17, 15) is 9.59 Å². The van der Waals surface area contributed by atoms with Crippen molar-refractivity contribution in [1.82, 2.24) is 9.88 Å². The van der Waals surface area contributed by atoms with Gasteiger partial charge in [0.15, 0.2) is 0 Å². The number of rotatable bonds is 2. The molecule has 0 spiro atoms. The van der Waals surface area contributed by atoms with Crippen LogP contribution >= 0.6 is 0 Å². The lowest BCUT2D eigenvalue weighted by molar-refractivity contribution is 0.0741. The number of aryl methyl sites for hydroxylation is 1. The number of aromatic amines is 1. The smallest absolute Gasteiger partial charge is 0.270 e. The molecule has 1 N–H and O–H groups in total. The summed E-state index contributed by atoms with van der Waals surface area (Å²) in [6, 6.07) is 15.4. The largest absolute Gasteiger partial charge is 0.368 e. The van der Waals surface area contributed by atoms with E-state index >= 15 is 0 Å². The maximum Gasteiger partial charge on any atom is 0.270 e. The van der Waals surface area contributed by atoms with E-state index in [4.69, 9.17) is 0 Å². The molecule has 0 radical (unpaired) electrons. The molecule has 1 saturated heterocycles. The summed E-state index contributed by atoms with van der Waals surface area (Å²) >= 11 is 0. The number of fused-ring (bicyclic) bond motifs is 1. The summed E-state index contributed by atoms with van der Waals surface area (Å²) < 4.78 is 0. The van der Waals surface area contributed by atoms with Gasteiger partial charge in [0, 0.05) is 37.3 Å². The minimum Gasteiger partial charge on any atom is -0.368 e.